The van der Waals surface area contributed by atoms with Crippen molar-refractivity contribution in [2.75, 3.05) is 51.3 Å². The van der Waals surface area contributed by atoms with Gasteiger partial charge in [0.2, 0.25) is 0 Å². The number of benzene rings is 1. The Balaban J connectivity index is 1.40. The molecule has 2 heterocycles. The lowest BCUT2D eigenvalue weighted by atomic mass is 10.1. The van der Waals surface area contributed by atoms with Gasteiger partial charge in [0.05, 0.1) is 25.4 Å². The van der Waals surface area contributed by atoms with Crippen molar-refractivity contribution in [3.8, 4) is 6.07 Å². The van der Waals surface area contributed by atoms with Gasteiger partial charge in [-0.25, -0.2) is 0 Å². The monoisotopic (exact) mass is 434 g/mol. The molecule has 1 aromatic rings. The van der Waals surface area contributed by atoms with Gasteiger partial charge in [-0.05, 0) is 35.7 Å². The van der Waals surface area contributed by atoms with Gasteiger partial charge in [0.25, 0.3) is 0 Å². The second-order valence-corrected chi connectivity index (χ2v) is 8.34. The Bertz CT molecular complexity index is 709. The lowest BCUT2D eigenvalue weighted by Gasteiger charge is -2.30. The molecule has 8 nitrogen and oxygen atoms in total. The van der Waals surface area contributed by atoms with E-state index >= 15 is 0 Å². The van der Waals surface area contributed by atoms with Crippen LogP contribution in [0.4, 0.5) is 5.69 Å². The molecule has 3 unspecified atom stereocenters. The molecule has 4 N–H and O–H groups in total. The largest absolute Gasteiger partial charge is 0.393 e. The zero-order valence-electron chi connectivity index (χ0n) is 17.0. The predicted octanol–water partition coefficient (Wildman–Crippen LogP) is 1.39. The van der Waals surface area contributed by atoms with Crippen molar-refractivity contribution in [3.05, 3.63) is 34.7 Å². The van der Waals surface area contributed by atoms with Gasteiger partial charge in [-0.15, -0.1) is 0 Å². The molecule has 0 aliphatic carbocycles. The normalized spacial score (nSPS) is 25.6. The minimum Gasteiger partial charge on any atom is -0.393 e. The molecule has 0 aromatic heterocycles. The summed E-state index contributed by atoms with van der Waals surface area (Å²) in [6.07, 6.45) is 0.760. The molecule has 2 aliphatic rings. The Morgan fingerprint density at radius 1 is 1.23 bits per heavy atom. The summed E-state index contributed by atoms with van der Waals surface area (Å²) in [6.45, 7) is 5.91. The van der Waals surface area contributed by atoms with Crippen molar-refractivity contribution >= 4 is 23.7 Å². The molecule has 0 bridgehead atoms. The first-order valence-electron chi connectivity index (χ1n) is 10.3. The maximum absolute atomic E-state index is 9.69. The van der Waals surface area contributed by atoms with E-state index in [2.05, 4.69) is 21.0 Å². The van der Waals surface area contributed by atoms with Crippen molar-refractivity contribution in [2.24, 2.45) is 0 Å². The first-order valence-corrected chi connectivity index (χ1v) is 11.1. The first-order chi connectivity index (χ1) is 14.6. The van der Waals surface area contributed by atoms with Gasteiger partial charge < -0.3 is 25.0 Å². The summed E-state index contributed by atoms with van der Waals surface area (Å²) >= 11 is 1.22. The number of aliphatic hydroxyl groups excluding tert-OH is 2. The number of hydrogen-bond donors (Lipinski definition) is 4. The number of nitriles is 1. The van der Waals surface area contributed by atoms with E-state index in [1.807, 2.05) is 30.3 Å². The van der Waals surface area contributed by atoms with Crippen LogP contribution < -0.4 is 10.0 Å². The van der Waals surface area contributed by atoms with Crippen LogP contribution in [0.2, 0.25) is 0 Å². The van der Waals surface area contributed by atoms with Crippen LogP contribution in [0.3, 0.4) is 0 Å². The second-order valence-electron chi connectivity index (χ2n) is 7.41. The van der Waals surface area contributed by atoms with Crippen molar-refractivity contribution in [1.29, 1.82) is 5.26 Å². The highest BCUT2D eigenvalue weighted by atomic mass is 32.2. The lowest BCUT2D eigenvalue weighted by Crippen LogP contribution is -2.39. The Morgan fingerprint density at radius 2 is 2.00 bits per heavy atom. The minimum atomic E-state index is -0.933. The molecule has 9 heteroatoms. The molecule has 2 fully saturated rings. The van der Waals surface area contributed by atoms with Crippen LogP contribution in [0.25, 0.3) is 6.08 Å². The van der Waals surface area contributed by atoms with Crippen molar-refractivity contribution < 1.29 is 19.7 Å². The maximum atomic E-state index is 9.69. The van der Waals surface area contributed by atoms with Gasteiger partial charge in [0.15, 0.2) is 6.29 Å². The smallest absolute Gasteiger partial charge is 0.157 e. The van der Waals surface area contributed by atoms with Crippen LogP contribution in [0.15, 0.2) is 29.2 Å². The van der Waals surface area contributed by atoms with Gasteiger partial charge in [-0.2, -0.15) is 5.26 Å². The summed E-state index contributed by atoms with van der Waals surface area (Å²) in [6, 6.07) is 10.2. The fraction of sp³-hybridized carbons (Fsp3) is 0.571. The van der Waals surface area contributed by atoms with Crippen LogP contribution >= 0.6 is 11.9 Å². The van der Waals surface area contributed by atoms with Crippen molar-refractivity contribution in [3.63, 3.8) is 0 Å². The molecule has 30 heavy (non-hydrogen) atoms. The van der Waals surface area contributed by atoms with E-state index in [1.54, 1.807) is 0 Å². The summed E-state index contributed by atoms with van der Waals surface area (Å²) in [5, 5.41) is 32.1. The lowest BCUT2D eigenvalue weighted by molar-refractivity contribution is -0.186. The van der Waals surface area contributed by atoms with Gasteiger partial charge >= 0.3 is 0 Å². The van der Waals surface area contributed by atoms with E-state index in [1.165, 1.54) is 11.9 Å². The molecule has 0 radical (unpaired) electrons. The first kappa shape index (κ1) is 23.0. The van der Waals surface area contributed by atoms with Crippen LogP contribution in [0.1, 0.15) is 18.4 Å². The van der Waals surface area contributed by atoms with Crippen LogP contribution in [0, 0.1) is 11.3 Å². The standard InChI is InChI=1S/C21H30N4O4S/c22-14-20(30-24-15-19-12-18(26)13-21(27)29-19)11-16-1-3-17(4-2-16)23-5-6-25-7-9-28-10-8-25/h1-4,11,18-19,21,23-24,26-27H,5-10,12-13,15H2/b20-11+. The average Bonchev–Trinajstić information content (AvgIpc) is 2.74. The highest BCUT2D eigenvalue weighted by molar-refractivity contribution is 8.01. The molecule has 0 spiro atoms. The van der Waals surface area contributed by atoms with E-state index in [4.69, 9.17) is 9.47 Å². The molecule has 0 amide bonds. The molecule has 1 aromatic carbocycles. The summed E-state index contributed by atoms with van der Waals surface area (Å²) in [4.78, 5) is 2.91. The zero-order valence-corrected chi connectivity index (χ0v) is 17.8. The molecular weight excluding hydrogens is 404 g/mol. The Hall–Kier alpha value is -1.64. The minimum absolute atomic E-state index is 0.241. The predicted molar refractivity (Wildman–Crippen MR) is 117 cm³/mol. The van der Waals surface area contributed by atoms with E-state index in [9.17, 15) is 15.5 Å². The third-order valence-corrected chi connectivity index (χ3v) is 5.77. The molecule has 2 aliphatic heterocycles. The third-order valence-electron chi connectivity index (χ3n) is 5.03. The maximum Gasteiger partial charge on any atom is 0.157 e. The summed E-state index contributed by atoms with van der Waals surface area (Å²) in [5.41, 5.74) is 2.00. The van der Waals surface area contributed by atoms with E-state index in [0.29, 0.717) is 17.9 Å². The van der Waals surface area contributed by atoms with Gasteiger partial charge in [-0.1, -0.05) is 12.1 Å². The van der Waals surface area contributed by atoms with E-state index in [-0.39, 0.29) is 12.5 Å². The highest BCUT2D eigenvalue weighted by Gasteiger charge is 2.26. The van der Waals surface area contributed by atoms with Crippen molar-refractivity contribution in [1.82, 2.24) is 9.62 Å². The number of nitrogens with one attached hydrogen (secondary N) is 2. The number of nitrogens with zero attached hydrogens (tertiary/aromatic N) is 2. The molecular formula is C21H30N4O4S. The topological polar surface area (TPSA) is 110 Å². The van der Waals surface area contributed by atoms with Gasteiger partial charge in [0.1, 0.15) is 11.0 Å². The SMILES string of the molecule is N#C/C(=C\c1ccc(NCCN2CCOCC2)cc1)SNCC1CC(O)CC(O)O1. The Morgan fingerprint density at radius 3 is 2.70 bits per heavy atom. The van der Waals surface area contributed by atoms with Gasteiger partial charge in [-0.3, -0.25) is 9.62 Å². The fourth-order valence-corrected chi connectivity index (χ4v) is 4.09. The number of allylic oxidation sites excluding steroid dienone is 1. The molecule has 3 atom stereocenters. The van der Waals surface area contributed by atoms with E-state index < -0.39 is 12.4 Å². The molecule has 0 saturated carbocycles. The Labute approximate surface area is 182 Å². The third kappa shape index (κ3) is 7.89. The number of morpholine rings is 1. The molecule has 164 valence electrons. The average molecular weight is 435 g/mol. The second kappa shape index (κ2) is 12.3. The number of aliphatic hydroxyl groups is 2. The zero-order chi connectivity index (χ0) is 21.2. The van der Waals surface area contributed by atoms with Crippen LogP contribution in [-0.4, -0.2) is 79.5 Å². The number of anilines is 1. The Kier molecular flexibility index (Phi) is 9.42. The van der Waals surface area contributed by atoms with Gasteiger partial charge in [0, 0.05) is 51.3 Å². The number of rotatable bonds is 9. The quantitative estimate of drug-likeness (QED) is 0.338. The van der Waals surface area contributed by atoms with Crippen LogP contribution in [0.5, 0.6) is 0 Å². The van der Waals surface area contributed by atoms with Crippen molar-refractivity contribution in [2.45, 2.75) is 31.3 Å². The number of ether oxygens (including phenoxy) is 2. The fourth-order valence-electron chi connectivity index (χ4n) is 3.43. The summed E-state index contributed by atoms with van der Waals surface area (Å²) in [7, 11) is 0. The molecule has 2 saturated heterocycles. The summed E-state index contributed by atoms with van der Waals surface area (Å²) in [5.74, 6) is 0. The number of hydrogen-bond acceptors (Lipinski definition) is 9. The highest BCUT2D eigenvalue weighted by Crippen LogP contribution is 2.20. The van der Waals surface area contributed by atoms with Crippen LogP contribution in [-0.2, 0) is 9.47 Å². The van der Waals surface area contributed by atoms with E-state index in [0.717, 1.165) is 50.6 Å². The molecule has 3 rings (SSSR count). The summed E-state index contributed by atoms with van der Waals surface area (Å²) < 4.78 is 13.8.